The summed E-state index contributed by atoms with van der Waals surface area (Å²) in [6, 6.07) is 11.0. The number of benzene rings is 2. The van der Waals surface area contributed by atoms with Crippen LogP contribution in [0.1, 0.15) is 45.4 Å². The lowest BCUT2D eigenvalue weighted by molar-refractivity contribution is 0.0358. The number of nitrogens with two attached hydrogens (primary N) is 1. The van der Waals surface area contributed by atoms with Crippen LogP contribution < -0.4 is 21.1 Å². The summed E-state index contributed by atoms with van der Waals surface area (Å²) in [5.41, 5.74) is 11.2. The van der Waals surface area contributed by atoms with E-state index in [2.05, 4.69) is 48.4 Å². The third-order valence-electron chi connectivity index (χ3n) is 8.59. The van der Waals surface area contributed by atoms with Crippen molar-refractivity contribution < 1.29 is 19.1 Å². The number of carbonyl (C=O) groups is 2. The van der Waals surface area contributed by atoms with Gasteiger partial charge in [-0.2, -0.15) is 5.10 Å². The molecule has 2 aromatic carbocycles. The number of allylic oxidation sites excluding steroid dienone is 2. The molecule has 1 saturated heterocycles. The van der Waals surface area contributed by atoms with Crippen molar-refractivity contribution in [3.8, 4) is 5.75 Å². The fraction of sp³-hybridized carbons (Fsp3) is 0.400. The minimum absolute atomic E-state index is 0.325. The molecule has 14 heteroatoms. The minimum Gasteiger partial charge on any atom is -0.491 e. The Morgan fingerprint density at radius 2 is 1.76 bits per heavy atom. The number of amides is 2. The average molecular weight is 669 g/mol. The van der Waals surface area contributed by atoms with Crippen molar-refractivity contribution in [2.45, 2.75) is 46.8 Å². The lowest BCUT2D eigenvalue weighted by Crippen LogP contribution is -2.37. The van der Waals surface area contributed by atoms with Crippen LogP contribution in [0.2, 0.25) is 0 Å². The smallest absolute Gasteiger partial charge is 0.276 e. The number of anilines is 2. The molecule has 49 heavy (non-hydrogen) atoms. The van der Waals surface area contributed by atoms with Gasteiger partial charge in [-0.1, -0.05) is 12.2 Å². The van der Waals surface area contributed by atoms with E-state index in [0.29, 0.717) is 49.0 Å². The third-order valence-corrected chi connectivity index (χ3v) is 8.59. The maximum Gasteiger partial charge on any atom is 0.276 e. The van der Waals surface area contributed by atoms with Gasteiger partial charge in [-0.3, -0.25) is 24.5 Å². The van der Waals surface area contributed by atoms with Crippen LogP contribution in [0.5, 0.6) is 5.75 Å². The van der Waals surface area contributed by atoms with Crippen molar-refractivity contribution in [1.82, 2.24) is 33.8 Å². The van der Waals surface area contributed by atoms with E-state index in [4.69, 9.17) is 20.2 Å². The lowest BCUT2D eigenvalue weighted by Gasteiger charge is -2.26. The van der Waals surface area contributed by atoms with Gasteiger partial charge >= 0.3 is 0 Å². The zero-order chi connectivity index (χ0) is 34.5. The van der Waals surface area contributed by atoms with E-state index in [-0.39, 0.29) is 5.91 Å². The van der Waals surface area contributed by atoms with Crippen molar-refractivity contribution in [1.29, 1.82) is 0 Å². The average Bonchev–Trinajstić information content (AvgIpc) is 3.77. The first-order chi connectivity index (χ1) is 23.7. The van der Waals surface area contributed by atoms with Crippen LogP contribution in [-0.4, -0.2) is 92.1 Å². The molecule has 4 heterocycles. The maximum absolute atomic E-state index is 13.4. The van der Waals surface area contributed by atoms with Crippen molar-refractivity contribution in [2.24, 2.45) is 5.73 Å². The Labute approximate surface area is 284 Å². The van der Waals surface area contributed by atoms with Gasteiger partial charge in [0.15, 0.2) is 0 Å². The van der Waals surface area contributed by atoms with Crippen LogP contribution in [0.15, 0.2) is 48.6 Å². The van der Waals surface area contributed by atoms with Gasteiger partial charge in [0.05, 0.1) is 42.1 Å². The largest absolute Gasteiger partial charge is 0.491 e. The molecule has 0 radical (unpaired) electrons. The molecule has 0 atom stereocenters. The Bertz CT molecular complexity index is 2000. The van der Waals surface area contributed by atoms with Crippen LogP contribution >= 0.6 is 0 Å². The monoisotopic (exact) mass is 668 g/mol. The predicted octanol–water partition coefficient (Wildman–Crippen LogP) is 3.97. The summed E-state index contributed by atoms with van der Waals surface area (Å²) >= 11 is 0. The van der Waals surface area contributed by atoms with Crippen molar-refractivity contribution in [3.63, 3.8) is 0 Å². The molecule has 258 valence electrons. The fourth-order valence-electron chi connectivity index (χ4n) is 6.20. The Morgan fingerprint density at radius 3 is 2.49 bits per heavy atom. The molecule has 1 fully saturated rings. The molecule has 0 spiro atoms. The SMILES string of the molecule is CCn1nc(C)cc1C(=O)Nc1nc2cc(C(N)=O)ccc2n1C/C=C/Cn1c(NC)nc2cc(C)cc(OCCCN3CCOCC3)c21. The summed E-state index contributed by atoms with van der Waals surface area (Å²) < 4.78 is 17.5. The van der Waals surface area contributed by atoms with E-state index in [1.165, 1.54) is 0 Å². The van der Waals surface area contributed by atoms with E-state index in [1.54, 1.807) is 28.9 Å². The van der Waals surface area contributed by atoms with Gasteiger partial charge in [-0.05, 0) is 69.2 Å². The first-order valence-corrected chi connectivity index (χ1v) is 16.7. The number of primary amides is 1. The molecule has 6 rings (SSSR count). The Morgan fingerprint density at radius 1 is 1.00 bits per heavy atom. The summed E-state index contributed by atoms with van der Waals surface area (Å²) in [7, 11) is 1.86. The first-order valence-electron chi connectivity index (χ1n) is 16.7. The molecule has 3 aromatic heterocycles. The molecule has 0 unspecified atom stereocenters. The molecule has 14 nitrogen and oxygen atoms in total. The molecular formula is C35H44N10O4. The van der Waals surface area contributed by atoms with Crippen LogP contribution in [0.4, 0.5) is 11.9 Å². The number of aryl methyl sites for hydroxylation is 3. The molecule has 0 saturated carbocycles. The zero-order valence-electron chi connectivity index (χ0n) is 28.5. The summed E-state index contributed by atoms with van der Waals surface area (Å²) in [4.78, 5) is 37.2. The minimum atomic E-state index is -0.548. The Hall–Kier alpha value is -5.21. The van der Waals surface area contributed by atoms with Gasteiger partial charge in [0, 0.05) is 51.9 Å². The third kappa shape index (κ3) is 7.44. The molecule has 1 aliphatic heterocycles. The molecule has 4 N–H and O–H groups in total. The van der Waals surface area contributed by atoms with Crippen LogP contribution in [-0.2, 0) is 24.4 Å². The Balaban J connectivity index is 1.23. The van der Waals surface area contributed by atoms with Crippen LogP contribution in [0.3, 0.4) is 0 Å². The van der Waals surface area contributed by atoms with Crippen molar-refractivity contribution in [2.75, 3.05) is 57.1 Å². The number of hydrogen-bond acceptors (Lipinski definition) is 9. The topological polar surface area (TPSA) is 159 Å². The number of rotatable bonds is 14. The standard InChI is InChI=1S/C35H44N10O4/c1-5-45-29(21-24(3)41-45)33(47)40-35-38-26-22-25(32(36)46)9-10-28(26)43(35)12-6-7-13-44-31-27(39-34(44)37-4)19-23(2)20-30(31)49-16-8-11-42-14-17-48-18-15-42/h6-7,9-10,19-22H,5,8,11-18H2,1-4H3,(H2,36,46)(H,37,39)(H,38,40,47)/b7-6+. The number of fused-ring (bicyclic) bond motifs is 2. The van der Waals surface area contributed by atoms with E-state index >= 15 is 0 Å². The number of ether oxygens (including phenoxy) is 2. The molecule has 1 aliphatic rings. The fourth-order valence-corrected chi connectivity index (χ4v) is 6.20. The van der Waals surface area contributed by atoms with Gasteiger partial charge < -0.3 is 29.7 Å². The van der Waals surface area contributed by atoms with E-state index in [9.17, 15) is 9.59 Å². The normalized spacial score (nSPS) is 13.9. The molecule has 0 bridgehead atoms. The van der Waals surface area contributed by atoms with E-state index in [1.807, 2.05) is 38.5 Å². The lowest BCUT2D eigenvalue weighted by atomic mass is 10.2. The summed E-state index contributed by atoms with van der Waals surface area (Å²) in [6.45, 7) is 12.4. The summed E-state index contributed by atoms with van der Waals surface area (Å²) in [6.07, 6.45) is 4.98. The molecule has 5 aromatic rings. The number of aromatic nitrogens is 6. The number of imidazole rings is 2. The highest BCUT2D eigenvalue weighted by molar-refractivity contribution is 6.03. The van der Waals surface area contributed by atoms with E-state index < -0.39 is 5.91 Å². The second kappa shape index (κ2) is 14.9. The first kappa shape index (κ1) is 33.7. The Kier molecular flexibility index (Phi) is 10.3. The van der Waals surface area contributed by atoms with Gasteiger partial charge in [0.25, 0.3) is 5.91 Å². The van der Waals surface area contributed by atoms with Crippen LogP contribution in [0.25, 0.3) is 22.1 Å². The summed E-state index contributed by atoms with van der Waals surface area (Å²) in [5.74, 6) is 1.00. The van der Waals surface area contributed by atoms with Crippen molar-refractivity contribution >= 4 is 45.8 Å². The summed E-state index contributed by atoms with van der Waals surface area (Å²) in [5, 5.41) is 10.6. The highest BCUT2D eigenvalue weighted by Gasteiger charge is 2.19. The van der Waals surface area contributed by atoms with Crippen LogP contribution in [0, 0.1) is 13.8 Å². The number of carbonyl (C=O) groups excluding carboxylic acids is 2. The van der Waals surface area contributed by atoms with Crippen molar-refractivity contribution in [3.05, 3.63) is 71.1 Å². The highest BCUT2D eigenvalue weighted by atomic mass is 16.5. The van der Waals surface area contributed by atoms with Gasteiger partial charge in [-0.15, -0.1) is 0 Å². The maximum atomic E-state index is 13.4. The van der Waals surface area contributed by atoms with Gasteiger partial charge in [-0.25, -0.2) is 9.97 Å². The van der Waals surface area contributed by atoms with Gasteiger partial charge in [0.2, 0.25) is 17.8 Å². The number of hydrogen-bond donors (Lipinski definition) is 3. The molecule has 2 amide bonds. The zero-order valence-corrected chi connectivity index (χ0v) is 28.5. The highest BCUT2D eigenvalue weighted by Crippen LogP contribution is 2.31. The second-order valence-electron chi connectivity index (χ2n) is 12.1. The molecule has 0 aliphatic carbocycles. The molecular weight excluding hydrogens is 624 g/mol. The predicted molar refractivity (Wildman–Crippen MR) is 189 cm³/mol. The van der Waals surface area contributed by atoms with Gasteiger partial charge in [0.1, 0.15) is 17.0 Å². The quantitative estimate of drug-likeness (QED) is 0.118. The number of nitrogens with zero attached hydrogens (tertiary/aromatic N) is 7. The second-order valence-corrected chi connectivity index (χ2v) is 12.1. The number of nitrogens with one attached hydrogen (secondary N) is 2. The van der Waals surface area contributed by atoms with E-state index in [0.717, 1.165) is 78.8 Å². The number of morpholine rings is 1.